The van der Waals surface area contributed by atoms with E-state index in [-0.39, 0.29) is 0 Å². The summed E-state index contributed by atoms with van der Waals surface area (Å²) >= 11 is 0. The molecule has 12 heavy (non-hydrogen) atoms. The first-order chi connectivity index (χ1) is 5.74. The summed E-state index contributed by atoms with van der Waals surface area (Å²) in [4.78, 5) is 0. The van der Waals surface area contributed by atoms with Crippen LogP contribution in [0.5, 0.6) is 0 Å². The molecule has 0 spiro atoms. The third-order valence-electron chi connectivity index (χ3n) is 1.98. The molecule has 66 valence electrons. The summed E-state index contributed by atoms with van der Waals surface area (Å²) in [5.41, 5.74) is 9.18. The van der Waals surface area contributed by atoms with E-state index in [1.54, 1.807) is 0 Å². The molecule has 0 aliphatic heterocycles. The molecule has 1 aromatic carbocycles. The fourth-order valence-electron chi connectivity index (χ4n) is 1.07. The Bertz CT molecular complexity index is 256. The Balaban J connectivity index is 2.69. The van der Waals surface area contributed by atoms with Gasteiger partial charge in [-0.15, -0.1) is 0 Å². The molecule has 0 radical (unpaired) electrons. The van der Waals surface area contributed by atoms with Crippen LogP contribution in [0.25, 0.3) is 0 Å². The van der Waals surface area contributed by atoms with Crippen molar-refractivity contribution in [2.45, 2.75) is 13.8 Å². The predicted octanol–water partition coefficient (Wildman–Crippen LogP) is 1.67. The first-order valence-electron chi connectivity index (χ1n) is 4.25. The highest BCUT2D eigenvalue weighted by atomic mass is 14.9. The molecule has 0 saturated carbocycles. The smallest absolute Gasteiger partial charge is 0.0343 e. The summed E-state index contributed by atoms with van der Waals surface area (Å²) in [6, 6.07) is 6.34. The molecule has 0 saturated heterocycles. The van der Waals surface area contributed by atoms with Gasteiger partial charge in [0, 0.05) is 18.8 Å². The molecule has 1 rings (SSSR count). The SMILES string of the molecule is Cc1ccc(NCCN)cc1C. The number of benzene rings is 1. The number of hydrogen-bond acceptors (Lipinski definition) is 2. The lowest BCUT2D eigenvalue weighted by molar-refractivity contribution is 1.02. The largest absolute Gasteiger partial charge is 0.384 e. The Hall–Kier alpha value is -1.02. The zero-order valence-electron chi connectivity index (χ0n) is 7.72. The van der Waals surface area contributed by atoms with Crippen molar-refractivity contribution < 1.29 is 0 Å². The van der Waals surface area contributed by atoms with E-state index in [1.807, 2.05) is 0 Å². The number of aryl methyl sites for hydroxylation is 2. The molecular formula is C10H16N2. The molecule has 0 heterocycles. The average molecular weight is 164 g/mol. The normalized spacial score (nSPS) is 9.92. The van der Waals surface area contributed by atoms with Crippen LogP contribution in [-0.2, 0) is 0 Å². The molecule has 1 aromatic rings. The molecule has 0 aromatic heterocycles. The molecule has 0 unspecified atom stereocenters. The van der Waals surface area contributed by atoms with E-state index in [9.17, 15) is 0 Å². The third kappa shape index (κ3) is 2.24. The molecule has 0 aliphatic carbocycles. The molecule has 0 atom stereocenters. The van der Waals surface area contributed by atoms with Gasteiger partial charge in [0.2, 0.25) is 0 Å². The van der Waals surface area contributed by atoms with E-state index in [0.717, 1.165) is 12.2 Å². The molecule has 0 fully saturated rings. The molecule has 0 aliphatic rings. The second-order valence-corrected chi connectivity index (χ2v) is 3.01. The van der Waals surface area contributed by atoms with Crippen LogP contribution < -0.4 is 11.1 Å². The minimum atomic E-state index is 0.674. The Morgan fingerprint density at radius 1 is 1.25 bits per heavy atom. The Morgan fingerprint density at radius 2 is 2.00 bits per heavy atom. The van der Waals surface area contributed by atoms with Crippen LogP contribution in [0.4, 0.5) is 5.69 Å². The number of anilines is 1. The maximum atomic E-state index is 5.38. The van der Waals surface area contributed by atoms with Gasteiger partial charge in [0.1, 0.15) is 0 Å². The number of nitrogens with one attached hydrogen (secondary N) is 1. The Labute approximate surface area is 73.8 Å². The fraction of sp³-hybridized carbons (Fsp3) is 0.400. The Morgan fingerprint density at radius 3 is 2.58 bits per heavy atom. The minimum absolute atomic E-state index is 0.674. The summed E-state index contributed by atoms with van der Waals surface area (Å²) in [7, 11) is 0. The maximum Gasteiger partial charge on any atom is 0.0343 e. The van der Waals surface area contributed by atoms with Crippen molar-refractivity contribution in [3.63, 3.8) is 0 Å². The van der Waals surface area contributed by atoms with Crippen molar-refractivity contribution in [1.82, 2.24) is 0 Å². The Kier molecular flexibility index (Phi) is 3.11. The highest BCUT2D eigenvalue weighted by molar-refractivity contribution is 5.47. The summed E-state index contributed by atoms with van der Waals surface area (Å²) in [5, 5.41) is 3.24. The van der Waals surface area contributed by atoms with Gasteiger partial charge >= 0.3 is 0 Å². The van der Waals surface area contributed by atoms with Gasteiger partial charge in [-0.1, -0.05) is 6.07 Å². The van der Waals surface area contributed by atoms with Gasteiger partial charge in [0.15, 0.2) is 0 Å². The summed E-state index contributed by atoms with van der Waals surface area (Å²) < 4.78 is 0. The van der Waals surface area contributed by atoms with Crippen LogP contribution in [0.2, 0.25) is 0 Å². The summed E-state index contributed by atoms with van der Waals surface area (Å²) in [6.45, 7) is 5.74. The van der Waals surface area contributed by atoms with Crippen LogP contribution >= 0.6 is 0 Å². The van der Waals surface area contributed by atoms with Crippen molar-refractivity contribution in [3.8, 4) is 0 Å². The first kappa shape index (κ1) is 9.07. The van der Waals surface area contributed by atoms with Crippen molar-refractivity contribution in [3.05, 3.63) is 29.3 Å². The van der Waals surface area contributed by atoms with Gasteiger partial charge in [-0.25, -0.2) is 0 Å². The van der Waals surface area contributed by atoms with E-state index in [1.165, 1.54) is 11.1 Å². The van der Waals surface area contributed by atoms with Crippen LogP contribution in [0.1, 0.15) is 11.1 Å². The third-order valence-corrected chi connectivity index (χ3v) is 1.98. The van der Waals surface area contributed by atoms with Crippen molar-refractivity contribution in [2.24, 2.45) is 5.73 Å². The highest BCUT2D eigenvalue weighted by Crippen LogP contribution is 2.13. The summed E-state index contributed by atoms with van der Waals surface area (Å²) in [5.74, 6) is 0. The van der Waals surface area contributed by atoms with E-state index in [4.69, 9.17) is 5.73 Å². The minimum Gasteiger partial charge on any atom is -0.384 e. The van der Waals surface area contributed by atoms with Gasteiger partial charge in [-0.3, -0.25) is 0 Å². The zero-order chi connectivity index (χ0) is 8.97. The van der Waals surface area contributed by atoms with Gasteiger partial charge < -0.3 is 11.1 Å². The second kappa shape index (κ2) is 4.12. The van der Waals surface area contributed by atoms with Crippen LogP contribution in [0.15, 0.2) is 18.2 Å². The average Bonchev–Trinajstić information content (AvgIpc) is 2.07. The standard InChI is InChI=1S/C10H16N2/c1-8-3-4-10(7-9(8)2)12-6-5-11/h3-4,7,12H,5-6,11H2,1-2H3. The topological polar surface area (TPSA) is 38.0 Å². The van der Waals surface area contributed by atoms with E-state index in [0.29, 0.717) is 6.54 Å². The zero-order valence-corrected chi connectivity index (χ0v) is 7.72. The second-order valence-electron chi connectivity index (χ2n) is 3.01. The van der Waals surface area contributed by atoms with E-state index < -0.39 is 0 Å². The molecule has 0 bridgehead atoms. The lowest BCUT2D eigenvalue weighted by Crippen LogP contribution is -2.13. The number of rotatable bonds is 3. The lowest BCUT2D eigenvalue weighted by atomic mass is 10.1. The first-order valence-corrected chi connectivity index (χ1v) is 4.25. The monoisotopic (exact) mass is 164 g/mol. The van der Waals surface area contributed by atoms with Gasteiger partial charge in [0.25, 0.3) is 0 Å². The quantitative estimate of drug-likeness (QED) is 0.713. The van der Waals surface area contributed by atoms with Crippen molar-refractivity contribution in [1.29, 1.82) is 0 Å². The molecule has 0 amide bonds. The number of nitrogens with two attached hydrogens (primary N) is 1. The van der Waals surface area contributed by atoms with Gasteiger partial charge in [-0.05, 0) is 37.1 Å². The van der Waals surface area contributed by atoms with Crippen LogP contribution in [0.3, 0.4) is 0 Å². The highest BCUT2D eigenvalue weighted by Gasteiger charge is 1.93. The molecule has 2 heteroatoms. The molecule has 3 N–H and O–H groups in total. The molecular weight excluding hydrogens is 148 g/mol. The van der Waals surface area contributed by atoms with Crippen molar-refractivity contribution >= 4 is 5.69 Å². The molecule has 2 nitrogen and oxygen atoms in total. The lowest BCUT2D eigenvalue weighted by Gasteiger charge is -2.06. The predicted molar refractivity (Wildman–Crippen MR) is 53.5 cm³/mol. The van der Waals surface area contributed by atoms with Crippen LogP contribution in [0, 0.1) is 13.8 Å². The van der Waals surface area contributed by atoms with Gasteiger partial charge in [0.05, 0.1) is 0 Å². The van der Waals surface area contributed by atoms with Gasteiger partial charge in [-0.2, -0.15) is 0 Å². The van der Waals surface area contributed by atoms with E-state index in [2.05, 4.69) is 37.4 Å². The van der Waals surface area contributed by atoms with Crippen LogP contribution in [-0.4, -0.2) is 13.1 Å². The fourth-order valence-corrected chi connectivity index (χ4v) is 1.07. The van der Waals surface area contributed by atoms with E-state index >= 15 is 0 Å². The number of hydrogen-bond donors (Lipinski definition) is 2. The van der Waals surface area contributed by atoms with Crippen molar-refractivity contribution in [2.75, 3.05) is 18.4 Å². The maximum absolute atomic E-state index is 5.38. The summed E-state index contributed by atoms with van der Waals surface area (Å²) in [6.07, 6.45) is 0.